The van der Waals surface area contributed by atoms with Crippen molar-refractivity contribution in [1.82, 2.24) is 4.98 Å². The number of pyridine rings is 1. The first-order valence-corrected chi connectivity index (χ1v) is 6.60. The van der Waals surface area contributed by atoms with E-state index in [0.29, 0.717) is 6.61 Å². The van der Waals surface area contributed by atoms with Crippen LogP contribution >= 0.6 is 0 Å². The van der Waals surface area contributed by atoms with Crippen LogP contribution < -0.4 is 5.32 Å². The van der Waals surface area contributed by atoms with E-state index in [1.807, 2.05) is 31.2 Å². The van der Waals surface area contributed by atoms with Crippen LogP contribution in [0.2, 0.25) is 0 Å². The number of aryl methyl sites for hydroxylation is 1. The van der Waals surface area contributed by atoms with E-state index >= 15 is 0 Å². The third kappa shape index (κ3) is 3.80. The van der Waals surface area contributed by atoms with Gasteiger partial charge >= 0.3 is 0 Å². The average Bonchev–Trinajstić information content (AvgIpc) is 2.42. The van der Waals surface area contributed by atoms with Crippen LogP contribution in [0.3, 0.4) is 0 Å². The number of benzene rings is 1. The number of hydrogen-bond acceptors (Lipinski definition) is 3. The van der Waals surface area contributed by atoms with Crippen LogP contribution in [0, 0.1) is 6.92 Å². The first-order chi connectivity index (χ1) is 9.31. The summed E-state index contributed by atoms with van der Waals surface area (Å²) in [7, 11) is 0. The maximum Gasteiger partial charge on any atom is 0.0725 e. The molecule has 0 aliphatic heterocycles. The summed E-state index contributed by atoms with van der Waals surface area (Å²) in [6, 6.07) is 10.2. The quantitative estimate of drug-likeness (QED) is 0.607. The van der Waals surface area contributed by atoms with Gasteiger partial charge in [-0.3, -0.25) is 4.98 Å². The second-order valence-corrected chi connectivity index (χ2v) is 4.44. The van der Waals surface area contributed by atoms with E-state index in [2.05, 4.69) is 29.0 Å². The fourth-order valence-corrected chi connectivity index (χ4v) is 1.98. The van der Waals surface area contributed by atoms with Crippen molar-refractivity contribution < 1.29 is 4.74 Å². The Morgan fingerprint density at radius 1 is 1.32 bits per heavy atom. The van der Waals surface area contributed by atoms with E-state index in [4.69, 9.17) is 4.74 Å². The monoisotopic (exact) mass is 256 g/mol. The molecule has 0 aliphatic rings. The smallest absolute Gasteiger partial charge is 0.0725 e. The van der Waals surface area contributed by atoms with Crippen LogP contribution in [-0.2, 0) is 4.74 Å². The number of fused-ring (bicyclic) bond motifs is 1. The minimum atomic E-state index is 0.698. The first-order valence-electron chi connectivity index (χ1n) is 6.60. The van der Waals surface area contributed by atoms with E-state index in [0.717, 1.165) is 41.9 Å². The highest BCUT2D eigenvalue weighted by atomic mass is 16.5. The van der Waals surface area contributed by atoms with Crippen LogP contribution in [0.25, 0.3) is 10.9 Å². The molecule has 0 unspecified atom stereocenters. The van der Waals surface area contributed by atoms with Gasteiger partial charge in [-0.05, 0) is 25.5 Å². The predicted octanol–water partition coefficient (Wildman–Crippen LogP) is 3.55. The fraction of sp³-hybridized carbons (Fsp3) is 0.312. The molecule has 100 valence electrons. The molecule has 2 rings (SSSR count). The summed E-state index contributed by atoms with van der Waals surface area (Å²) in [5.41, 5.74) is 3.17. The Kier molecular flexibility index (Phi) is 4.93. The van der Waals surface area contributed by atoms with Gasteiger partial charge in [0.1, 0.15) is 0 Å². The third-order valence-electron chi connectivity index (χ3n) is 2.87. The number of para-hydroxylation sites is 1. The van der Waals surface area contributed by atoms with E-state index in [1.54, 1.807) is 0 Å². The van der Waals surface area contributed by atoms with Gasteiger partial charge in [-0.1, -0.05) is 24.3 Å². The van der Waals surface area contributed by atoms with Gasteiger partial charge in [-0.25, -0.2) is 0 Å². The maximum absolute atomic E-state index is 5.49. The second kappa shape index (κ2) is 6.90. The van der Waals surface area contributed by atoms with Crippen molar-refractivity contribution in [3.8, 4) is 0 Å². The lowest BCUT2D eigenvalue weighted by atomic mass is 10.1. The lowest BCUT2D eigenvalue weighted by Crippen LogP contribution is -2.10. The molecule has 0 bridgehead atoms. The highest BCUT2D eigenvalue weighted by Crippen LogP contribution is 2.22. The van der Waals surface area contributed by atoms with Crippen molar-refractivity contribution >= 4 is 16.6 Å². The average molecular weight is 256 g/mol. The second-order valence-electron chi connectivity index (χ2n) is 4.44. The Balaban J connectivity index is 1.98. The molecule has 0 radical (unpaired) electrons. The molecule has 1 N–H and O–H groups in total. The fourth-order valence-electron chi connectivity index (χ4n) is 1.98. The Bertz CT molecular complexity index is 551. The van der Waals surface area contributed by atoms with Gasteiger partial charge in [0.25, 0.3) is 0 Å². The molecular weight excluding hydrogens is 236 g/mol. The van der Waals surface area contributed by atoms with Gasteiger partial charge in [0, 0.05) is 23.3 Å². The van der Waals surface area contributed by atoms with Crippen LogP contribution in [-0.4, -0.2) is 24.7 Å². The standard InChI is InChI=1S/C16H20N2O/c1-3-4-10-19-11-9-17-16-12-13(2)18-15-8-6-5-7-14(15)16/h3,5-8,12H,1,4,9-11H2,2H3,(H,17,18). The minimum absolute atomic E-state index is 0.698. The van der Waals surface area contributed by atoms with Crippen molar-refractivity contribution in [3.05, 3.63) is 48.7 Å². The van der Waals surface area contributed by atoms with E-state index in [-0.39, 0.29) is 0 Å². The zero-order valence-corrected chi connectivity index (χ0v) is 11.4. The summed E-state index contributed by atoms with van der Waals surface area (Å²) >= 11 is 0. The number of rotatable bonds is 7. The third-order valence-corrected chi connectivity index (χ3v) is 2.87. The predicted molar refractivity (Wildman–Crippen MR) is 80.6 cm³/mol. The number of nitrogens with zero attached hydrogens (tertiary/aromatic N) is 1. The van der Waals surface area contributed by atoms with E-state index < -0.39 is 0 Å². The normalized spacial score (nSPS) is 10.6. The number of anilines is 1. The molecule has 1 aromatic heterocycles. The summed E-state index contributed by atoms with van der Waals surface area (Å²) in [5.74, 6) is 0. The summed E-state index contributed by atoms with van der Waals surface area (Å²) in [5, 5.41) is 4.57. The number of nitrogens with one attached hydrogen (secondary N) is 1. The summed E-state index contributed by atoms with van der Waals surface area (Å²) in [4.78, 5) is 4.52. The summed E-state index contributed by atoms with van der Waals surface area (Å²) in [6.07, 6.45) is 2.77. The SMILES string of the molecule is C=CCCOCCNc1cc(C)nc2ccccc12. The molecule has 0 atom stereocenters. The lowest BCUT2D eigenvalue weighted by Gasteiger charge is -2.10. The number of aromatic nitrogens is 1. The molecule has 0 amide bonds. The molecule has 0 saturated carbocycles. The lowest BCUT2D eigenvalue weighted by molar-refractivity contribution is 0.149. The van der Waals surface area contributed by atoms with Gasteiger partial charge in [0.15, 0.2) is 0 Å². The van der Waals surface area contributed by atoms with Gasteiger partial charge in [-0.15, -0.1) is 6.58 Å². The van der Waals surface area contributed by atoms with Gasteiger partial charge in [-0.2, -0.15) is 0 Å². The number of ether oxygens (including phenoxy) is 1. The Hall–Kier alpha value is -1.87. The van der Waals surface area contributed by atoms with Crippen molar-refractivity contribution in [2.75, 3.05) is 25.1 Å². The molecule has 19 heavy (non-hydrogen) atoms. The van der Waals surface area contributed by atoms with Gasteiger partial charge in [0.2, 0.25) is 0 Å². The molecule has 0 saturated heterocycles. The largest absolute Gasteiger partial charge is 0.382 e. The highest BCUT2D eigenvalue weighted by Gasteiger charge is 2.02. The highest BCUT2D eigenvalue weighted by molar-refractivity contribution is 5.91. The molecular formula is C16H20N2O. The molecule has 1 aromatic carbocycles. The summed E-state index contributed by atoms with van der Waals surface area (Å²) in [6.45, 7) is 7.91. The Morgan fingerprint density at radius 2 is 2.16 bits per heavy atom. The molecule has 3 heteroatoms. The molecule has 0 fully saturated rings. The molecule has 1 heterocycles. The molecule has 0 aliphatic carbocycles. The number of hydrogen-bond donors (Lipinski definition) is 1. The summed E-state index contributed by atoms with van der Waals surface area (Å²) < 4.78 is 5.49. The molecule has 0 spiro atoms. The van der Waals surface area contributed by atoms with E-state index in [1.165, 1.54) is 0 Å². The molecule has 2 aromatic rings. The zero-order valence-electron chi connectivity index (χ0n) is 11.4. The Morgan fingerprint density at radius 3 is 3.00 bits per heavy atom. The first kappa shape index (κ1) is 13.6. The van der Waals surface area contributed by atoms with Crippen molar-refractivity contribution in [1.29, 1.82) is 0 Å². The molecule has 3 nitrogen and oxygen atoms in total. The Labute approximate surface area is 114 Å². The zero-order chi connectivity index (χ0) is 13.5. The van der Waals surface area contributed by atoms with Gasteiger partial charge < -0.3 is 10.1 Å². The van der Waals surface area contributed by atoms with Crippen molar-refractivity contribution in [2.45, 2.75) is 13.3 Å². The van der Waals surface area contributed by atoms with Crippen LogP contribution in [0.15, 0.2) is 43.0 Å². The minimum Gasteiger partial charge on any atom is -0.382 e. The maximum atomic E-state index is 5.49. The van der Waals surface area contributed by atoms with Crippen LogP contribution in [0.4, 0.5) is 5.69 Å². The van der Waals surface area contributed by atoms with E-state index in [9.17, 15) is 0 Å². The van der Waals surface area contributed by atoms with Crippen molar-refractivity contribution in [2.24, 2.45) is 0 Å². The topological polar surface area (TPSA) is 34.1 Å². The van der Waals surface area contributed by atoms with Crippen LogP contribution in [0.1, 0.15) is 12.1 Å². The van der Waals surface area contributed by atoms with Crippen molar-refractivity contribution in [3.63, 3.8) is 0 Å². The van der Waals surface area contributed by atoms with Crippen LogP contribution in [0.5, 0.6) is 0 Å². The van der Waals surface area contributed by atoms with Gasteiger partial charge in [0.05, 0.1) is 18.7 Å².